The number of aryl methyl sites for hydroxylation is 1. The van der Waals surface area contributed by atoms with Crippen LogP contribution in [0.25, 0.3) is 0 Å². The Labute approximate surface area is 151 Å². The van der Waals surface area contributed by atoms with Gasteiger partial charge in [-0.05, 0) is 11.6 Å². The second kappa shape index (κ2) is 9.08. The highest BCUT2D eigenvalue weighted by molar-refractivity contribution is 14.0. The van der Waals surface area contributed by atoms with Crippen molar-refractivity contribution in [2.24, 2.45) is 12.0 Å². The van der Waals surface area contributed by atoms with Crippen LogP contribution in [0.3, 0.4) is 0 Å². The maximum absolute atomic E-state index is 10.6. The van der Waals surface area contributed by atoms with Gasteiger partial charge in [0.25, 0.3) is 5.69 Å². The fraction of sp³-hybridized carbons (Fsp3) is 0.286. The lowest BCUT2D eigenvalue weighted by molar-refractivity contribution is -0.384. The lowest BCUT2D eigenvalue weighted by atomic mass is 10.2. The molecule has 1 heterocycles. The van der Waals surface area contributed by atoms with E-state index in [-0.39, 0.29) is 29.7 Å². The number of rotatable bonds is 5. The van der Waals surface area contributed by atoms with E-state index in [9.17, 15) is 10.1 Å². The smallest absolute Gasteiger partial charge is 0.269 e. The van der Waals surface area contributed by atoms with Crippen LogP contribution in [0, 0.1) is 10.1 Å². The molecule has 0 saturated carbocycles. The number of aromatic nitrogens is 2. The lowest BCUT2D eigenvalue weighted by Crippen LogP contribution is -2.36. The average molecular weight is 430 g/mol. The molecule has 1 aromatic heterocycles. The van der Waals surface area contributed by atoms with E-state index in [1.165, 1.54) is 12.1 Å². The molecule has 0 aliphatic heterocycles. The zero-order valence-corrected chi connectivity index (χ0v) is 15.2. The van der Waals surface area contributed by atoms with E-state index in [4.69, 9.17) is 0 Å². The van der Waals surface area contributed by atoms with Crippen LogP contribution in [0.1, 0.15) is 11.3 Å². The summed E-state index contributed by atoms with van der Waals surface area (Å²) in [4.78, 5) is 14.3. The van der Waals surface area contributed by atoms with Gasteiger partial charge in [-0.1, -0.05) is 12.1 Å². The third kappa shape index (κ3) is 5.51. The monoisotopic (exact) mass is 430 g/mol. The number of guanidine groups is 1. The van der Waals surface area contributed by atoms with Crippen LogP contribution in [0.5, 0.6) is 0 Å². The lowest BCUT2D eigenvalue weighted by Gasteiger charge is -2.12. The maximum Gasteiger partial charge on any atom is 0.269 e. The molecule has 0 radical (unpaired) electrons. The molecule has 0 aliphatic carbocycles. The molecule has 8 nitrogen and oxygen atoms in total. The number of non-ortho nitro benzene ring substituents is 1. The van der Waals surface area contributed by atoms with Crippen LogP contribution in [0.15, 0.2) is 41.5 Å². The van der Waals surface area contributed by atoms with E-state index >= 15 is 0 Å². The van der Waals surface area contributed by atoms with Gasteiger partial charge in [-0.15, -0.1) is 24.0 Å². The Hall–Kier alpha value is -2.17. The van der Waals surface area contributed by atoms with Crippen LogP contribution in [0.4, 0.5) is 5.69 Å². The number of halogens is 1. The molecule has 9 heteroatoms. The number of benzene rings is 1. The molecular formula is C14H19IN6O2. The van der Waals surface area contributed by atoms with Crippen molar-refractivity contribution in [2.75, 3.05) is 7.05 Å². The zero-order valence-electron chi connectivity index (χ0n) is 12.9. The molecular weight excluding hydrogens is 411 g/mol. The Balaban J connectivity index is 0.00000264. The summed E-state index contributed by atoms with van der Waals surface area (Å²) in [7, 11) is 3.57. The minimum Gasteiger partial charge on any atom is -0.352 e. The van der Waals surface area contributed by atoms with Gasteiger partial charge in [0, 0.05) is 39.0 Å². The highest BCUT2D eigenvalue weighted by atomic mass is 127. The number of nitro benzene ring substituents is 1. The molecule has 2 aromatic rings. The van der Waals surface area contributed by atoms with E-state index in [1.54, 1.807) is 30.1 Å². The number of nitrogens with zero attached hydrogens (tertiary/aromatic N) is 4. The summed E-state index contributed by atoms with van der Waals surface area (Å²) in [5, 5.41) is 21.0. The Bertz CT molecular complexity index is 668. The van der Waals surface area contributed by atoms with E-state index in [1.807, 2.05) is 13.1 Å². The van der Waals surface area contributed by atoms with Crippen LogP contribution < -0.4 is 10.6 Å². The van der Waals surface area contributed by atoms with Gasteiger partial charge in [0.05, 0.1) is 17.2 Å². The van der Waals surface area contributed by atoms with Gasteiger partial charge < -0.3 is 10.6 Å². The molecule has 1 aromatic carbocycles. The van der Waals surface area contributed by atoms with Crippen molar-refractivity contribution in [3.05, 3.63) is 57.9 Å². The number of aliphatic imine (C=N–C) groups is 1. The first kappa shape index (κ1) is 18.9. The normalized spacial score (nSPS) is 10.8. The number of hydrogen-bond donors (Lipinski definition) is 2. The van der Waals surface area contributed by atoms with Gasteiger partial charge in [0.15, 0.2) is 5.96 Å². The van der Waals surface area contributed by atoms with Crippen LogP contribution in [-0.4, -0.2) is 27.7 Å². The van der Waals surface area contributed by atoms with E-state index in [0.717, 1.165) is 11.3 Å². The molecule has 0 saturated heterocycles. The van der Waals surface area contributed by atoms with E-state index in [0.29, 0.717) is 19.0 Å². The minimum absolute atomic E-state index is 0. The van der Waals surface area contributed by atoms with Gasteiger partial charge in [-0.3, -0.25) is 19.8 Å². The highest BCUT2D eigenvalue weighted by Gasteiger charge is 2.05. The summed E-state index contributed by atoms with van der Waals surface area (Å²) >= 11 is 0. The first-order valence-electron chi connectivity index (χ1n) is 6.75. The molecule has 0 spiro atoms. The van der Waals surface area contributed by atoms with Crippen molar-refractivity contribution >= 4 is 35.6 Å². The number of hydrogen-bond acceptors (Lipinski definition) is 4. The summed E-state index contributed by atoms with van der Waals surface area (Å²) < 4.78 is 1.79. The van der Waals surface area contributed by atoms with Gasteiger partial charge in [0.1, 0.15) is 0 Å². The predicted octanol–water partition coefficient (Wildman–Crippen LogP) is 1.81. The Morgan fingerprint density at radius 3 is 2.43 bits per heavy atom. The third-order valence-corrected chi connectivity index (χ3v) is 3.19. The summed E-state index contributed by atoms with van der Waals surface area (Å²) in [5.74, 6) is 0.652. The second-order valence-electron chi connectivity index (χ2n) is 4.65. The average Bonchev–Trinajstić information content (AvgIpc) is 2.93. The van der Waals surface area contributed by atoms with Crippen molar-refractivity contribution in [3.63, 3.8) is 0 Å². The first-order valence-corrected chi connectivity index (χ1v) is 6.75. The maximum atomic E-state index is 10.6. The fourth-order valence-corrected chi connectivity index (χ4v) is 1.89. The van der Waals surface area contributed by atoms with Crippen molar-refractivity contribution in [2.45, 2.75) is 13.1 Å². The van der Waals surface area contributed by atoms with Crippen LogP contribution in [0.2, 0.25) is 0 Å². The van der Waals surface area contributed by atoms with Gasteiger partial charge in [-0.2, -0.15) is 5.10 Å². The third-order valence-electron chi connectivity index (χ3n) is 3.19. The largest absolute Gasteiger partial charge is 0.352 e. The Morgan fingerprint density at radius 1 is 1.26 bits per heavy atom. The molecule has 0 amide bonds. The van der Waals surface area contributed by atoms with Crippen LogP contribution in [-0.2, 0) is 20.1 Å². The Kier molecular flexibility index (Phi) is 7.45. The van der Waals surface area contributed by atoms with Crippen molar-refractivity contribution < 1.29 is 4.92 Å². The van der Waals surface area contributed by atoms with E-state index < -0.39 is 4.92 Å². The molecule has 0 bridgehead atoms. The van der Waals surface area contributed by atoms with Gasteiger partial charge in [0.2, 0.25) is 0 Å². The molecule has 2 N–H and O–H groups in total. The zero-order chi connectivity index (χ0) is 15.9. The molecule has 124 valence electrons. The Morgan fingerprint density at radius 2 is 1.91 bits per heavy atom. The molecule has 2 rings (SSSR count). The number of nitro groups is 1. The molecule has 0 fully saturated rings. The van der Waals surface area contributed by atoms with Crippen LogP contribution >= 0.6 is 24.0 Å². The summed E-state index contributed by atoms with van der Waals surface area (Å²) in [6, 6.07) is 8.35. The highest BCUT2D eigenvalue weighted by Crippen LogP contribution is 2.11. The van der Waals surface area contributed by atoms with Gasteiger partial charge in [-0.25, -0.2) is 0 Å². The molecule has 0 atom stereocenters. The van der Waals surface area contributed by atoms with Gasteiger partial charge >= 0.3 is 0 Å². The topological polar surface area (TPSA) is 97.4 Å². The predicted molar refractivity (Wildman–Crippen MR) is 98.8 cm³/mol. The molecule has 0 unspecified atom stereocenters. The van der Waals surface area contributed by atoms with Crippen molar-refractivity contribution in [1.82, 2.24) is 20.4 Å². The standard InChI is InChI=1S/C14H18N6O2.HI/c1-15-14(17-10-13-7-8-18-19(13)2)16-9-11-3-5-12(6-4-11)20(21)22;/h3-8H,9-10H2,1-2H3,(H2,15,16,17);1H. The molecule has 23 heavy (non-hydrogen) atoms. The molecule has 0 aliphatic rings. The van der Waals surface area contributed by atoms with E-state index in [2.05, 4.69) is 20.7 Å². The fourth-order valence-electron chi connectivity index (χ4n) is 1.89. The minimum atomic E-state index is -0.411. The summed E-state index contributed by atoms with van der Waals surface area (Å²) in [6.07, 6.45) is 1.74. The van der Waals surface area contributed by atoms with Crippen molar-refractivity contribution in [3.8, 4) is 0 Å². The SMILES string of the molecule is CN=C(NCc1ccc([N+](=O)[O-])cc1)NCc1ccnn1C.I. The summed E-state index contributed by atoms with van der Waals surface area (Å²) in [5.41, 5.74) is 2.06. The quantitative estimate of drug-likeness (QED) is 0.248. The second-order valence-corrected chi connectivity index (χ2v) is 4.65. The number of nitrogens with one attached hydrogen (secondary N) is 2. The summed E-state index contributed by atoms with van der Waals surface area (Å²) in [6.45, 7) is 1.14. The first-order chi connectivity index (χ1) is 10.6. The van der Waals surface area contributed by atoms with Crippen molar-refractivity contribution in [1.29, 1.82) is 0 Å².